The first kappa shape index (κ1) is 20.0. The van der Waals surface area contributed by atoms with Crippen molar-refractivity contribution in [2.24, 2.45) is 0 Å². The number of carbonyl (C=O) groups excluding carboxylic acids is 1. The van der Waals surface area contributed by atoms with Gasteiger partial charge in [-0.15, -0.1) is 0 Å². The molecule has 0 spiro atoms. The van der Waals surface area contributed by atoms with Gasteiger partial charge in [0.25, 0.3) is 21.6 Å². The van der Waals surface area contributed by atoms with Crippen molar-refractivity contribution < 1.29 is 18.1 Å². The molecule has 1 amide bonds. The lowest BCUT2D eigenvalue weighted by molar-refractivity contribution is -0.384. The van der Waals surface area contributed by atoms with Gasteiger partial charge in [0.2, 0.25) is 0 Å². The lowest BCUT2D eigenvalue weighted by Crippen LogP contribution is -2.25. The van der Waals surface area contributed by atoms with Gasteiger partial charge in [0.05, 0.1) is 21.1 Å². The summed E-state index contributed by atoms with van der Waals surface area (Å²) in [7, 11) is -4.03. The molecule has 9 heteroatoms. The molecule has 148 valence electrons. The van der Waals surface area contributed by atoms with Gasteiger partial charge in [-0.05, 0) is 29.8 Å². The maximum absolute atomic E-state index is 12.6. The van der Waals surface area contributed by atoms with E-state index in [1.54, 1.807) is 12.1 Å². The van der Waals surface area contributed by atoms with Crippen LogP contribution in [0.25, 0.3) is 0 Å². The third kappa shape index (κ3) is 4.96. The number of anilines is 1. The summed E-state index contributed by atoms with van der Waals surface area (Å²) in [6.45, 7) is 0.295. The molecule has 0 aliphatic carbocycles. The predicted molar refractivity (Wildman–Crippen MR) is 108 cm³/mol. The van der Waals surface area contributed by atoms with Gasteiger partial charge in [-0.2, -0.15) is 0 Å². The van der Waals surface area contributed by atoms with Crippen molar-refractivity contribution in [3.63, 3.8) is 0 Å². The first-order valence-corrected chi connectivity index (χ1v) is 10.0. The Labute approximate surface area is 167 Å². The number of para-hydroxylation sites is 1. The van der Waals surface area contributed by atoms with E-state index in [4.69, 9.17) is 0 Å². The third-order valence-corrected chi connectivity index (χ3v) is 5.45. The van der Waals surface area contributed by atoms with Gasteiger partial charge >= 0.3 is 0 Å². The Morgan fingerprint density at radius 3 is 2.17 bits per heavy atom. The summed E-state index contributed by atoms with van der Waals surface area (Å²) < 4.78 is 27.6. The van der Waals surface area contributed by atoms with Crippen molar-refractivity contribution in [2.45, 2.75) is 11.4 Å². The summed E-state index contributed by atoms with van der Waals surface area (Å²) in [5, 5.41) is 13.5. The Bertz CT molecular complexity index is 1130. The van der Waals surface area contributed by atoms with E-state index < -0.39 is 20.9 Å². The molecule has 0 fully saturated rings. The second-order valence-corrected chi connectivity index (χ2v) is 7.75. The number of nitrogens with zero attached hydrogens (tertiary/aromatic N) is 1. The highest BCUT2D eigenvalue weighted by Gasteiger charge is 2.19. The highest BCUT2D eigenvalue weighted by Crippen LogP contribution is 2.22. The van der Waals surface area contributed by atoms with E-state index in [0.29, 0.717) is 6.54 Å². The molecule has 29 heavy (non-hydrogen) atoms. The Kier molecular flexibility index (Phi) is 5.89. The summed E-state index contributed by atoms with van der Waals surface area (Å²) in [5.74, 6) is -0.434. The van der Waals surface area contributed by atoms with Crippen molar-refractivity contribution in [1.82, 2.24) is 5.32 Å². The largest absolute Gasteiger partial charge is 0.348 e. The topological polar surface area (TPSA) is 118 Å². The fourth-order valence-electron chi connectivity index (χ4n) is 2.59. The number of nitro benzene ring substituents is 1. The van der Waals surface area contributed by atoms with Crippen LogP contribution in [0, 0.1) is 10.1 Å². The van der Waals surface area contributed by atoms with Gasteiger partial charge in [0, 0.05) is 18.7 Å². The van der Waals surface area contributed by atoms with Crippen LogP contribution < -0.4 is 10.0 Å². The van der Waals surface area contributed by atoms with E-state index >= 15 is 0 Å². The van der Waals surface area contributed by atoms with E-state index in [-0.39, 0.29) is 21.8 Å². The average Bonchev–Trinajstić information content (AvgIpc) is 2.73. The predicted octanol–water partition coefficient (Wildman–Crippen LogP) is 3.33. The van der Waals surface area contributed by atoms with Crippen molar-refractivity contribution in [3.8, 4) is 0 Å². The monoisotopic (exact) mass is 411 g/mol. The van der Waals surface area contributed by atoms with Crippen molar-refractivity contribution in [1.29, 1.82) is 0 Å². The standard InChI is InChI=1S/C20H17N3O5S/c24-20(21-14-15-6-2-1-3-7-15)18-8-4-5-9-19(18)22-29(27,28)17-12-10-16(11-13-17)23(25)26/h1-13,22H,14H2,(H,21,24). The first-order valence-electron chi connectivity index (χ1n) is 8.55. The van der Waals surface area contributed by atoms with Crippen LogP contribution >= 0.6 is 0 Å². The molecule has 0 radical (unpaired) electrons. The summed E-state index contributed by atoms with van der Waals surface area (Å²) in [4.78, 5) is 22.5. The minimum atomic E-state index is -4.03. The molecule has 0 aromatic heterocycles. The fraction of sp³-hybridized carbons (Fsp3) is 0.0500. The van der Waals surface area contributed by atoms with E-state index in [1.165, 1.54) is 12.1 Å². The molecule has 0 unspecified atom stereocenters. The molecule has 0 saturated heterocycles. The molecular weight excluding hydrogens is 394 g/mol. The summed E-state index contributed by atoms with van der Waals surface area (Å²) in [5.41, 5.74) is 0.958. The molecule has 0 aliphatic rings. The second kappa shape index (κ2) is 8.53. The molecule has 3 aromatic rings. The molecule has 0 atom stereocenters. The van der Waals surface area contributed by atoms with Gasteiger partial charge in [-0.25, -0.2) is 8.42 Å². The lowest BCUT2D eigenvalue weighted by atomic mass is 10.1. The number of nitrogens with one attached hydrogen (secondary N) is 2. The van der Waals surface area contributed by atoms with E-state index in [1.807, 2.05) is 30.3 Å². The summed E-state index contributed by atoms with van der Waals surface area (Å²) >= 11 is 0. The number of sulfonamides is 1. The zero-order chi connectivity index (χ0) is 20.9. The Morgan fingerprint density at radius 2 is 1.52 bits per heavy atom. The molecule has 8 nitrogen and oxygen atoms in total. The van der Waals surface area contributed by atoms with Crippen LogP contribution in [-0.4, -0.2) is 19.2 Å². The van der Waals surface area contributed by atoms with Crippen molar-refractivity contribution >= 4 is 27.3 Å². The molecule has 0 aliphatic heterocycles. The molecule has 0 bridgehead atoms. The first-order chi connectivity index (χ1) is 13.9. The zero-order valence-corrected chi connectivity index (χ0v) is 15.9. The Balaban J connectivity index is 1.79. The van der Waals surface area contributed by atoms with E-state index in [0.717, 1.165) is 29.8 Å². The normalized spacial score (nSPS) is 10.9. The number of nitro groups is 1. The Hall–Kier alpha value is -3.72. The Morgan fingerprint density at radius 1 is 0.897 bits per heavy atom. The molecule has 0 saturated carbocycles. The van der Waals surface area contributed by atoms with Crippen LogP contribution in [0.5, 0.6) is 0 Å². The van der Waals surface area contributed by atoms with Gasteiger partial charge in [0.1, 0.15) is 0 Å². The van der Waals surface area contributed by atoms with Crippen LogP contribution in [0.15, 0.2) is 83.8 Å². The number of amides is 1. The van der Waals surface area contributed by atoms with Crippen LogP contribution in [0.3, 0.4) is 0 Å². The number of rotatable bonds is 7. The van der Waals surface area contributed by atoms with Gasteiger partial charge < -0.3 is 5.32 Å². The minimum Gasteiger partial charge on any atom is -0.348 e. The van der Waals surface area contributed by atoms with Crippen LogP contribution in [0.4, 0.5) is 11.4 Å². The molecule has 2 N–H and O–H groups in total. The summed E-state index contributed by atoms with van der Waals surface area (Å²) in [6, 6.07) is 20.0. The lowest BCUT2D eigenvalue weighted by Gasteiger charge is -2.13. The van der Waals surface area contributed by atoms with E-state index in [2.05, 4.69) is 10.0 Å². The third-order valence-electron chi connectivity index (χ3n) is 4.07. The molecule has 0 heterocycles. The molecule has 3 rings (SSSR count). The fourth-order valence-corrected chi connectivity index (χ4v) is 3.67. The van der Waals surface area contributed by atoms with E-state index in [9.17, 15) is 23.3 Å². The number of hydrogen-bond acceptors (Lipinski definition) is 5. The molecular formula is C20H17N3O5S. The van der Waals surface area contributed by atoms with Gasteiger partial charge in [0.15, 0.2) is 0 Å². The number of hydrogen-bond donors (Lipinski definition) is 2. The SMILES string of the molecule is O=C(NCc1ccccc1)c1ccccc1NS(=O)(=O)c1ccc([N+](=O)[O-])cc1. The highest BCUT2D eigenvalue weighted by atomic mass is 32.2. The van der Waals surface area contributed by atoms with Gasteiger partial charge in [-0.1, -0.05) is 42.5 Å². The van der Waals surface area contributed by atoms with Crippen molar-refractivity contribution in [3.05, 3.63) is 100 Å². The molecule has 3 aromatic carbocycles. The van der Waals surface area contributed by atoms with Crippen LogP contribution in [0.2, 0.25) is 0 Å². The maximum atomic E-state index is 12.6. The van der Waals surface area contributed by atoms with Crippen molar-refractivity contribution in [2.75, 3.05) is 4.72 Å². The van der Waals surface area contributed by atoms with Crippen LogP contribution in [0.1, 0.15) is 15.9 Å². The zero-order valence-electron chi connectivity index (χ0n) is 15.1. The quantitative estimate of drug-likeness (QED) is 0.457. The average molecular weight is 411 g/mol. The number of carbonyl (C=O) groups is 1. The summed E-state index contributed by atoms with van der Waals surface area (Å²) in [6.07, 6.45) is 0. The highest BCUT2D eigenvalue weighted by molar-refractivity contribution is 7.92. The minimum absolute atomic E-state index is 0.108. The second-order valence-electron chi connectivity index (χ2n) is 6.07. The number of benzene rings is 3. The maximum Gasteiger partial charge on any atom is 0.269 e. The smallest absolute Gasteiger partial charge is 0.269 e. The number of non-ortho nitro benzene ring substituents is 1. The van der Waals surface area contributed by atoms with Gasteiger partial charge in [-0.3, -0.25) is 19.6 Å². The van der Waals surface area contributed by atoms with Crippen LogP contribution in [-0.2, 0) is 16.6 Å².